The van der Waals surface area contributed by atoms with Gasteiger partial charge in [0.25, 0.3) is 5.91 Å². The summed E-state index contributed by atoms with van der Waals surface area (Å²) >= 11 is 2.84. The van der Waals surface area contributed by atoms with E-state index in [9.17, 15) is 17.6 Å². The van der Waals surface area contributed by atoms with Gasteiger partial charge in [0.15, 0.2) is 0 Å². The number of carbonyl (C=O) groups excluding carboxylic acids is 1. The average Bonchev–Trinajstić information content (AvgIpc) is 2.40. The number of benzene rings is 1. The first kappa shape index (κ1) is 16.4. The number of carbonyl (C=O) groups is 1. The van der Waals surface area contributed by atoms with E-state index in [1.165, 1.54) is 0 Å². The number of hydrogen-bond acceptors (Lipinski definition) is 3. The van der Waals surface area contributed by atoms with Crippen LogP contribution in [0.4, 0.5) is 4.39 Å². The van der Waals surface area contributed by atoms with Crippen molar-refractivity contribution in [3.63, 3.8) is 0 Å². The van der Waals surface area contributed by atoms with Gasteiger partial charge in [-0.3, -0.25) is 4.79 Å². The summed E-state index contributed by atoms with van der Waals surface area (Å²) in [6.45, 7) is 3.28. The van der Waals surface area contributed by atoms with Gasteiger partial charge in [0, 0.05) is 18.7 Å². The minimum atomic E-state index is -4.11. The van der Waals surface area contributed by atoms with Gasteiger partial charge in [-0.15, -0.1) is 0 Å². The first-order valence-corrected chi connectivity index (χ1v) is 8.85. The second-order valence-corrected chi connectivity index (χ2v) is 7.61. The Hall–Kier alpha value is -0.990. The molecular formula is C13H16BrFN2O3S. The lowest BCUT2D eigenvalue weighted by Gasteiger charge is -2.30. The maximum atomic E-state index is 13.8. The molecule has 2 rings (SSSR count). The number of amides is 1. The van der Waals surface area contributed by atoms with Crippen molar-refractivity contribution in [3.05, 3.63) is 28.0 Å². The van der Waals surface area contributed by atoms with E-state index in [1.54, 1.807) is 4.90 Å². The van der Waals surface area contributed by atoms with E-state index < -0.39 is 20.7 Å². The minimum Gasteiger partial charge on any atom is -0.339 e. The predicted octanol–water partition coefficient (Wildman–Crippen LogP) is 2.11. The number of hydrogen-bond donors (Lipinski definition) is 1. The van der Waals surface area contributed by atoms with E-state index in [0.29, 0.717) is 19.0 Å². The molecule has 1 aromatic rings. The van der Waals surface area contributed by atoms with Crippen LogP contribution in [-0.2, 0) is 10.0 Å². The number of primary sulfonamides is 1. The molecule has 2 N–H and O–H groups in total. The van der Waals surface area contributed by atoms with E-state index >= 15 is 0 Å². The highest BCUT2D eigenvalue weighted by atomic mass is 79.9. The lowest BCUT2D eigenvalue weighted by molar-refractivity contribution is 0.0696. The Kier molecular flexibility index (Phi) is 4.69. The third kappa shape index (κ3) is 3.61. The summed E-state index contributed by atoms with van der Waals surface area (Å²) in [6.07, 6.45) is 1.76. The van der Waals surface area contributed by atoms with Crippen molar-refractivity contribution >= 4 is 31.9 Å². The molecule has 0 atom stereocenters. The molecule has 0 aliphatic carbocycles. The van der Waals surface area contributed by atoms with E-state index in [0.717, 1.165) is 25.0 Å². The van der Waals surface area contributed by atoms with E-state index in [4.69, 9.17) is 5.14 Å². The number of rotatable bonds is 2. The molecule has 0 radical (unpaired) electrons. The summed E-state index contributed by atoms with van der Waals surface area (Å²) < 4.78 is 36.5. The smallest absolute Gasteiger partial charge is 0.254 e. The van der Waals surface area contributed by atoms with Gasteiger partial charge in [-0.05, 0) is 46.8 Å². The van der Waals surface area contributed by atoms with Crippen LogP contribution in [-0.4, -0.2) is 32.3 Å². The number of piperidine rings is 1. The maximum absolute atomic E-state index is 13.8. The molecule has 8 heteroatoms. The summed E-state index contributed by atoms with van der Waals surface area (Å²) in [6, 6.07) is 2.14. The Balaban J connectivity index is 2.36. The molecular weight excluding hydrogens is 363 g/mol. The lowest BCUT2D eigenvalue weighted by atomic mass is 9.98. The van der Waals surface area contributed by atoms with Gasteiger partial charge in [-0.25, -0.2) is 17.9 Å². The first-order chi connectivity index (χ1) is 9.70. The molecule has 0 saturated carbocycles. The fourth-order valence-corrected chi connectivity index (χ4v) is 3.83. The van der Waals surface area contributed by atoms with Crippen LogP contribution in [0.15, 0.2) is 21.5 Å². The number of nitrogens with two attached hydrogens (primary N) is 1. The molecule has 1 heterocycles. The molecule has 0 unspecified atom stereocenters. The molecule has 1 amide bonds. The van der Waals surface area contributed by atoms with Crippen LogP contribution in [0.1, 0.15) is 30.1 Å². The van der Waals surface area contributed by atoms with Crippen LogP contribution in [0.3, 0.4) is 0 Å². The highest BCUT2D eigenvalue weighted by Gasteiger charge is 2.25. The van der Waals surface area contributed by atoms with Gasteiger partial charge in [-0.2, -0.15) is 0 Å². The Morgan fingerprint density at radius 3 is 2.48 bits per heavy atom. The van der Waals surface area contributed by atoms with Gasteiger partial charge in [0.1, 0.15) is 5.82 Å². The topological polar surface area (TPSA) is 80.5 Å². The van der Waals surface area contributed by atoms with Gasteiger partial charge < -0.3 is 4.90 Å². The van der Waals surface area contributed by atoms with E-state index in [-0.39, 0.29) is 15.9 Å². The SMILES string of the molecule is CC1CCN(C(=O)c2cc(F)c(Br)c(S(N)(=O)=O)c2)CC1. The molecule has 0 aromatic heterocycles. The summed E-state index contributed by atoms with van der Waals surface area (Å²) in [7, 11) is -4.11. The van der Waals surface area contributed by atoms with E-state index in [1.807, 2.05) is 0 Å². The molecule has 0 bridgehead atoms. The van der Waals surface area contributed by atoms with E-state index in [2.05, 4.69) is 22.9 Å². The zero-order valence-corrected chi connectivity index (χ0v) is 13.9. The van der Waals surface area contributed by atoms with Gasteiger partial charge in [0.05, 0.1) is 9.37 Å². The van der Waals surface area contributed by atoms with Crippen molar-refractivity contribution in [2.45, 2.75) is 24.7 Å². The van der Waals surface area contributed by atoms with Gasteiger partial charge in [-0.1, -0.05) is 6.92 Å². The molecule has 1 aliphatic heterocycles. The summed E-state index contributed by atoms with van der Waals surface area (Å²) in [5.41, 5.74) is -0.00530. The second-order valence-electron chi connectivity index (χ2n) is 5.29. The van der Waals surface area contributed by atoms with Crippen LogP contribution in [0.25, 0.3) is 0 Å². The highest BCUT2D eigenvalue weighted by molar-refractivity contribution is 9.10. The molecule has 1 saturated heterocycles. The van der Waals surface area contributed by atoms with Gasteiger partial charge in [0.2, 0.25) is 10.0 Å². The van der Waals surface area contributed by atoms with Crippen molar-refractivity contribution in [1.29, 1.82) is 0 Å². The largest absolute Gasteiger partial charge is 0.339 e. The van der Waals surface area contributed by atoms with Crippen LogP contribution in [0, 0.1) is 11.7 Å². The Morgan fingerprint density at radius 2 is 1.95 bits per heavy atom. The van der Waals surface area contributed by atoms with Crippen molar-refractivity contribution in [3.8, 4) is 0 Å². The number of likely N-dealkylation sites (tertiary alicyclic amines) is 1. The highest BCUT2D eigenvalue weighted by Crippen LogP contribution is 2.27. The molecule has 116 valence electrons. The third-order valence-corrected chi connectivity index (χ3v) is 5.62. The third-order valence-electron chi connectivity index (χ3n) is 3.62. The maximum Gasteiger partial charge on any atom is 0.254 e. The summed E-state index contributed by atoms with van der Waals surface area (Å²) in [5.74, 6) is -0.649. The van der Waals surface area contributed by atoms with Crippen molar-refractivity contribution in [2.75, 3.05) is 13.1 Å². The number of nitrogens with zero attached hydrogens (tertiary/aromatic N) is 1. The molecule has 1 aliphatic rings. The second kappa shape index (κ2) is 6.02. The first-order valence-electron chi connectivity index (χ1n) is 6.51. The standard InChI is InChI=1S/C13H16BrFN2O3S/c1-8-2-4-17(5-3-8)13(18)9-6-10(15)12(14)11(7-9)21(16,19)20/h6-8H,2-5H2,1H3,(H2,16,19,20). The van der Waals surface area contributed by atoms with Crippen LogP contribution in [0.5, 0.6) is 0 Å². The molecule has 1 aromatic carbocycles. The monoisotopic (exact) mass is 378 g/mol. The van der Waals surface area contributed by atoms with Crippen molar-refractivity contribution in [2.24, 2.45) is 11.1 Å². The fourth-order valence-electron chi connectivity index (χ4n) is 2.29. The summed E-state index contributed by atoms with van der Waals surface area (Å²) in [4.78, 5) is 13.5. The van der Waals surface area contributed by atoms with Crippen molar-refractivity contribution in [1.82, 2.24) is 4.90 Å². The number of halogens is 2. The predicted molar refractivity (Wildman–Crippen MR) is 79.8 cm³/mol. The quantitative estimate of drug-likeness (QED) is 0.855. The molecule has 21 heavy (non-hydrogen) atoms. The Morgan fingerprint density at radius 1 is 1.38 bits per heavy atom. The molecule has 1 fully saturated rings. The van der Waals surface area contributed by atoms with Crippen LogP contribution in [0.2, 0.25) is 0 Å². The zero-order valence-electron chi connectivity index (χ0n) is 11.5. The molecule has 0 spiro atoms. The average molecular weight is 379 g/mol. The molecule has 5 nitrogen and oxygen atoms in total. The fraction of sp³-hybridized carbons (Fsp3) is 0.462. The zero-order chi connectivity index (χ0) is 15.8. The Labute approximate surface area is 131 Å². The van der Waals surface area contributed by atoms with Crippen LogP contribution < -0.4 is 5.14 Å². The minimum absolute atomic E-state index is 0.00530. The Bertz CT molecular complexity index is 670. The normalized spacial score (nSPS) is 17.0. The lowest BCUT2D eigenvalue weighted by Crippen LogP contribution is -2.38. The van der Waals surface area contributed by atoms with Gasteiger partial charge >= 0.3 is 0 Å². The number of sulfonamides is 1. The summed E-state index contributed by atoms with van der Waals surface area (Å²) in [5, 5.41) is 5.04. The van der Waals surface area contributed by atoms with Crippen LogP contribution >= 0.6 is 15.9 Å². The van der Waals surface area contributed by atoms with Crippen molar-refractivity contribution < 1.29 is 17.6 Å².